The summed E-state index contributed by atoms with van der Waals surface area (Å²) in [5, 5.41) is 14.2. The normalized spacial score (nSPS) is 14.8. The Morgan fingerprint density at radius 2 is 1.85 bits per heavy atom. The van der Waals surface area contributed by atoms with Crippen molar-refractivity contribution in [3.8, 4) is 0 Å². The summed E-state index contributed by atoms with van der Waals surface area (Å²) in [7, 11) is 0. The Morgan fingerprint density at radius 1 is 1.11 bits per heavy atom. The molecule has 0 bridgehead atoms. The third-order valence-corrected chi connectivity index (χ3v) is 5.01. The Balaban J connectivity index is 1.54. The van der Waals surface area contributed by atoms with Crippen molar-refractivity contribution in [2.45, 2.75) is 39.5 Å². The summed E-state index contributed by atoms with van der Waals surface area (Å²) in [5.74, 6) is 1.26. The molecule has 27 heavy (non-hydrogen) atoms. The summed E-state index contributed by atoms with van der Waals surface area (Å²) in [6.07, 6.45) is 4.67. The van der Waals surface area contributed by atoms with Crippen LogP contribution >= 0.6 is 0 Å². The molecule has 1 aliphatic heterocycles. The summed E-state index contributed by atoms with van der Waals surface area (Å²) in [5.41, 5.74) is 2.29. The number of benzene rings is 1. The van der Waals surface area contributed by atoms with Crippen molar-refractivity contribution in [3.63, 3.8) is 0 Å². The number of hydrogen-bond donors (Lipinski definition) is 2. The number of hydrogen-bond acceptors (Lipinski definition) is 5. The number of nitrogens with one attached hydrogen (secondary N) is 2. The summed E-state index contributed by atoms with van der Waals surface area (Å²) in [6.45, 7) is 7.51. The van der Waals surface area contributed by atoms with Gasteiger partial charge in [0.15, 0.2) is 5.69 Å². The number of amides is 1. The first-order valence-corrected chi connectivity index (χ1v) is 9.89. The van der Waals surface area contributed by atoms with Crippen LogP contribution in [0.5, 0.6) is 0 Å². The molecule has 2 N–H and O–H groups in total. The van der Waals surface area contributed by atoms with E-state index in [0.29, 0.717) is 11.5 Å². The third-order valence-electron chi connectivity index (χ3n) is 5.01. The van der Waals surface area contributed by atoms with Crippen LogP contribution in [0.3, 0.4) is 0 Å². The molecule has 6 nitrogen and oxygen atoms in total. The number of unbranched alkanes of at least 4 members (excludes halogenated alkanes) is 1. The maximum absolute atomic E-state index is 12.4. The second-order valence-electron chi connectivity index (χ2n) is 7.25. The van der Waals surface area contributed by atoms with Gasteiger partial charge < -0.3 is 15.5 Å². The van der Waals surface area contributed by atoms with E-state index >= 15 is 0 Å². The van der Waals surface area contributed by atoms with Gasteiger partial charge in [-0.3, -0.25) is 4.79 Å². The van der Waals surface area contributed by atoms with Crippen molar-refractivity contribution in [1.29, 1.82) is 0 Å². The van der Waals surface area contributed by atoms with E-state index in [0.717, 1.165) is 44.1 Å². The average Bonchev–Trinajstić information content (AvgIpc) is 2.70. The van der Waals surface area contributed by atoms with E-state index in [2.05, 4.69) is 51.7 Å². The monoisotopic (exact) mass is 367 g/mol. The smallest absolute Gasteiger partial charge is 0.276 e. The molecule has 2 heterocycles. The standard InChI is InChI=1S/C21H29N5O/c1-3-4-13-22-20-10-9-19(24-25-20)21(27)23-17-5-7-18(8-6-17)26-14-11-16(2)12-15-26/h5-10,16H,3-4,11-15H2,1-2H3,(H,22,25)(H,23,27). The summed E-state index contributed by atoms with van der Waals surface area (Å²) < 4.78 is 0. The Labute approximate surface area is 161 Å². The van der Waals surface area contributed by atoms with Crippen LogP contribution in [-0.2, 0) is 0 Å². The lowest BCUT2D eigenvalue weighted by Gasteiger charge is -2.32. The molecule has 0 radical (unpaired) electrons. The molecule has 1 aromatic heterocycles. The molecule has 2 aromatic rings. The average molecular weight is 367 g/mol. The molecule has 0 spiro atoms. The molecule has 1 fully saturated rings. The molecule has 1 amide bonds. The predicted molar refractivity (Wildman–Crippen MR) is 110 cm³/mol. The highest BCUT2D eigenvalue weighted by Gasteiger charge is 2.16. The van der Waals surface area contributed by atoms with Crippen LogP contribution in [0.2, 0.25) is 0 Å². The van der Waals surface area contributed by atoms with Gasteiger partial charge in [-0.15, -0.1) is 10.2 Å². The molecule has 1 saturated heterocycles. The SMILES string of the molecule is CCCCNc1ccc(C(=O)Nc2ccc(N3CCC(C)CC3)cc2)nn1. The minimum absolute atomic E-state index is 0.248. The lowest BCUT2D eigenvalue weighted by atomic mass is 9.99. The third kappa shape index (κ3) is 5.42. The summed E-state index contributed by atoms with van der Waals surface area (Å²) in [4.78, 5) is 14.8. The van der Waals surface area contributed by atoms with Crippen LogP contribution in [0.4, 0.5) is 17.2 Å². The van der Waals surface area contributed by atoms with Crippen molar-refractivity contribution in [1.82, 2.24) is 10.2 Å². The fourth-order valence-electron chi connectivity index (χ4n) is 3.16. The topological polar surface area (TPSA) is 70.2 Å². The van der Waals surface area contributed by atoms with E-state index in [1.54, 1.807) is 12.1 Å². The first-order valence-electron chi connectivity index (χ1n) is 9.89. The number of anilines is 3. The molecule has 0 atom stereocenters. The maximum atomic E-state index is 12.4. The van der Waals surface area contributed by atoms with E-state index in [4.69, 9.17) is 0 Å². The number of piperidine rings is 1. The van der Waals surface area contributed by atoms with Crippen LogP contribution in [0.25, 0.3) is 0 Å². The van der Waals surface area contributed by atoms with E-state index in [-0.39, 0.29) is 5.91 Å². The molecule has 1 aromatic carbocycles. The summed E-state index contributed by atoms with van der Waals surface area (Å²) in [6, 6.07) is 11.5. The van der Waals surface area contributed by atoms with E-state index in [9.17, 15) is 4.79 Å². The van der Waals surface area contributed by atoms with Crippen LogP contribution in [0.1, 0.15) is 50.0 Å². The molecular formula is C21H29N5O. The van der Waals surface area contributed by atoms with Crippen LogP contribution < -0.4 is 15.5 Å². The van der Waals surface area contributed by atoms with E-state index < -0.39 is 0 Å². The van der Waals surface area contributed by atoms with Crippen molar-refractivity contribution in [2.75, 3.05) is 35.2 Å². The molecule has 3 rings (SSSR count). The van der Waals surface area contributed by atoms with Crippen LogP contribution in [-0.4, -0.2) is 35.7 Å². The zero-order valence-corrected chi connectivity index (χ0v) is 16.2. The van der Waals surface area contributed by atoms with Crippen molar-refractivity contribution in [3.05, 3.63) is 42.1 Å². The number of carbonyl (C=O) groups is 1. The molecule has 144 valence electrons. The van der Waals surface area contributed by atoms with Gasteiger partial charge in [0.05, 0.1) is 0 Å². The first kappa shape index (κ1) is 19.1. The number of aromatic nitrogens is 2. The number of nitrogens with zero attached hydrogens (tertiary/aromatic N) is 3. The van der Waals surface area contributed by atoms with Gasteiger partial charge in [0.2, 0.25) is 0 Å². The Morgan fingerprint density at radius 3 is 2.48 bits per heavy atom. The summed E-state index contributed by atoms with van der Waals surface area (Å²) >= 11 is 0. The van der Waals surface area contributed by atoms with Crippen molar-refractivity contribution in [2.24, 2.45) is 5.92 Å². The van der Waals surface area contributed by atoms with Gasteiger partial charge in [-0.25, -0.2) is 0 Å². The fourth-order valence-corrected chi connectivity index (χ4v) is 3.16. The molecule has 0 saturated carbocycles. The zero-order valence-electron chi connectivity index (χ0n) is 16.2. The first-order chi connectivity index (χ1) is 13.2. The minimum Gasteiger partial charge on any atom is -0.372 e. The second-order valence-corrected chi connectivity index (χ2v) is 7.25. The predicted octanol–water partition coefficient (Wildman–Crippen LogP) is 4.18. The molecule has 0 unspecified atom stereocenters. The van der Waals surface area contributed by atoms with Gasteiger partial charge in [-0.1, -0.05) is 20.3 Å². The Kier molecular flexibility index (Phi) is 6.63. The fraction of sp³-hybridized carbons (Fsp3) is 0.476. The highest BCUT2D eigenvalue weighted by molar-refractivity contribution is 6.02. The van der Waals surface area contributed by atoms with E-state index in [1.165, 1.54) is 18.5 Å². The Bertz CT molecular complexity index is 721. The highest BCUT2D eigenvalue weighted by atomic mass is 16.1. The largest absolute Gasteiger partial charge is 0.372 e. The molecule has 6 heteroatoms. The van der Waals surface area contributed by atoms with E-state index in [1.807, 2.05) is 12.1 Å². The maximum Gasteiger partial charge on any atom is 0.276 e. The van der Waals surface area contributed by atoms with Gasteiger partial charge in [0, 0.05) is 31.0 Å². The number of rotatable bonds is 7. The van der Waals surface area contributed by atoms with Gasteiger partial charge in [0.1, 0.15) is 5.82 Å². The lowest BCUT2D eigenvalue weighted by molar-refractivity contribution is 0.102. The van der Waals surface area contributed by atoms with Gasteiger partial charge in [-0.05, 0) is 61.6 Å². The van der Waals surface area contributed by atoms with Crippen LogP contribution in [0, 0.1) is 5.92 Å². The molecule has 1 aliphatic rings. The molecular weight excluding hydrogens is 338 g/mol. The lowest BCUT2D eigenvalue weighted by Crippen LogP contribution is -2.32. The van der Waals surface area contributed by atoms with Crippen molar-refractivity contribution >= 4 is 23.1 Å². The van der Waals surface area contributed by atoms with Gasteiger partial charge >= 0.3 is 0 Å². The van der Waals surface area contributed by atoms with Crippen molar-refractivity contribution < 1.29 is 4.79 Å². The Hall–Kier alpha value is -2.63. The minimum atomic E-state index is -0.248. The van der Waals surface area contributed by atoms with Gasteiger partial charge in [-0.2, -0.15) is 0 Å². The second kappa shape index (κ2) is 9.35. The number of carbonyl (C=O) groups excluding carboxylic acids is 1. The zero-order chi connectivity index (χ0) is 19.1. The van der Waals surface area contributed by atoms with Crippen LogP contribution in [0.15, 0.2) is 36.4 Å². The van der Waals surface area contributed by atoms with Gasteiger partial charge in [0.25, 0.3) is 5.91 Å². The highest BCUT2D eigenvalue weighted by Crippen LogP contribution is 2.24. The quantitative estimate of drug-likeness (QED) is 0.719. The molecule has 0 aliphatic carbocycles.